The van der Waals surface area contributed by atoms with Gasteiger partial charge in [0.1, 0.15) is 5.82 Å². The van der Waals surface area contributed by atoms with E-state index in [1.807, 2.05) is 0 Å². The van der Waals surface area contributed by atoms with Gasteiger partial charge in [-0.25, -0.2) is 12.8 Å². The summed E-state index contributed by atoms with van der Waals surface area (Å²) in [5, 5.41) is 2.99. The fraction of sp³-hybridized carbons (Fsp3) is 0.0500. The van der Waals surface area contributed by atoms with Crippen LogP contribution in [0.4, 0.5) is 15.8 Å². The summed E-state index contributed by atoms with van der Waals surface area (Å²) in [7, 11) is -4.06. The van der Waals surface area contributed by atoms with Crippen molar-refractivity contribution in [2.75, 3.05) is 10.0 Å². The number of halogens is 3. The Balaban J connectivity index is 1.84. The molecule has 0 saturated carbocycles. The molecule has 0 aromatic heterocycles. The van der Waals surface area contributed by atoms with Gasteiger partial charge in [0.15, 0.2) is 0 Å². The highest BCUT2D eigenvalue weighted by molar-refractivity contribution is 7.92. The highest BCUT2D eigenvalue weighted by atomic mass is 35.5. The van der Waals surface area contributed by atoms with Crippen LogP contribution in [0.2, 0.25) is 10.0 Å². The Kier molecular flexibility index (Phi) is 6.12. The van der Waals surface area contributed by atoms with Crippen LogP contribution in [0.1, 0.15) is 15.9 Å². The Labute approximate surface area is 177 Å². The van der Waals surface area contributed by atoms with Crippen molar-refractivity contribution < 1.29 is 17.6 Å². The average molecular weight is 453 g/mol. The lowest BCUT2D eigenvalue weighted by Gasteiger charge is -2.13. The molecule has 5 nitrogen and oxygen atoms in total. The van der Waals surface area contributed by atoms with Gasteiger partial charge in [0.2, 0.25) is 0 Å². The van der Waals surface area contributed by atoms with Gasteiger partial charge in [-0.3, -0.25) is 9.52 Å². The first-order chi connectivity index (χ1) is 13.7. The zero-order chi connectivity index (χ0) is 21.2. The zero-order valence-corrected chi connectivity index (χ0v) is 17.4. The van der Waals surface area contributed by atoms with Crippen molar-refractivity contribution in [1.82, 2.24) is 0 Å². The van der Waals surface area contributed by atoms with E-state index in [4.69, 9.17) is 23.2 Å². The Morgan fingerprint density at radius 2 is 1.62 bits per heavy atom. The third-order valence-corrected chi connectivity index (χ3v) is 6.23. The van der Waals surface area contributed by atoms with E-state index in [0.717, 1.165) is 6.07 Å². The monoisotopic (exact) mass is 452 g/mol. The number of nitrogens with one attached hydrogen (secondary N) is 2. The SMILES string of the molecule is Cc1c(Cl)cccc1NS(=O)(=O)c1ccc(NC(=O)c2ccccc2Cl)c(F)c1. The molecule has 0 fully saturated rings. The third kappa shape index (κ3) is 4.70. The molecular weight excluding hydrogens is 438 g/mol. The third-order valence-electron chi connectivity index (χ3n) is 4.13. The number of hydrogen-bond acceptors (Lipinski definition) is 3. The molecule has 0 spiro atoms. The van der Waals surface area contributed by atoms with Crippen molar-refractivity contribution in [3.8, 4) is 0 Å². The van der Waals surface area contributed by atoms with Crippen LogP contribution in [-0.2, 0) is 10.0 Å². The molecule has 0 heterocycles. The lowest BCUT2D eigenvalue weighted by molar-refractivity contribution is 0.102. The van der Waals surface area contributed by atoms with E-state index >= 15 is 0 Å². The smallest absolute Gasteiger partial charge is 0.262 e. The van der Waals surface area contributed by atoms with E-state index in [-0.39, 0.29) is 26.9 Å². The Morgan fingerprint density at radius 3 is 2.31 bits per heavy atom. The molecule has 2 N–H and O–H groups in total. The molecule has 0 atom stereocenters. The summed E-state index contributed by atoms with van der Waals surface area (Å²) in [5.74, 6) is -1.52. The summed E-state index contributed by atoms with van der Waals surface area (Å²) in [4.78, 5) is 12.0. The Bertz CT molecular complexity index is 1200. The Morgan fingerprint density at radius 1 is 0.931 bits per heavy atom. The molecule has 9 heteroatoms. The highest BCUT2D eigenvalue weighted by Gasteiger charge is 2.19. The van der Waals surface area contributed by atoms with E-state index in [1.165, 1.54) is 24.3 Å². The molecule has 0 radical (unpaired) electrons. The van der Waals surface area contributed by atoms with Crippen molar-refractivity contribution in [3.05, 3.63) is 87.7 Å². The summed E-state index contributed by atoms with van der Waals surface area (Å²) in [6, 6.07) is 14.3. The molecule has 150 valence electrons. The second-order valence-corrected chi connectivity index (χ2v) is 8.59. The average Bonchev–Trinajstić information content (AvgIpc) is 2.67. The van der Waals surface area contributed by atoms with Gasteiger partial charge in [-0.05, 0) is 55.0 Å². The standard InChI is InChI=1S/C20H15Cl2FN2O3S/c1-12-15(21)7-4-8-18(12)25-29(27,28)13-9-10-19(17(23)11-13)24-20(26)14-5-2-3-6-16(14)22/h2-11,25H,1H3,(H,24,26). The number of carbonyl (C=O) groups is 1. The van der Waals surface area contributed by atoms with Gasteiger partial charge in [0, 0.05) is 5.02 Å². The second-order valence-electron chi connectivity index (χ2n) is 6.09. The van der Waals surface area contributed by atoms with Crippen molar-refractivity contribution >= 4 is 50.5 Å². The van der Waals surface area contributed by atoms with Crippen LogP contribution in [0.5, 0.6) is 0 Å². The van der Waals surface area contributed by atoms with Crippen molar-refractivity contribution in [1.29, 1.82) is 0 Å². The predicted octanol–water partition coefficient (Wildman–Crippen LogP) is 5.49. The number of benzene rings is 3. The molecule has 3 aromatic rings. The van der Waals surface area contributed by atoms with Gasteiger partial charge in [0.25, 0.3) is 15.9 Å². The van der Waals surface area contributed by atoms with Gasteiger partial charge in [-0.15, -0.1) is 0 Å². The minimum Gasteiger partial charge on any atom is -0.319 e. The van der Waals surface area contributed by atoms with E-state index < -0.39 is 21.7 Å². The van der Waals surface area contributed by atoms with Gasteiger partial charge in [-0.1, -0.05) is 41.4 Å². The maximum atomic E-state index is 14.5. The molecule has 0 aliphatic rings. The van der Waals surface area contributed by atoms with Crippen LogP contribution in [0.25, 0.3) is 0 Å². The van der Waals surface area contributed by atoms with E-state index in [2.05, 4.69) is 10.0 Å². The quantitative estimate of drug-likeness (QED) is 0.536. The second kappa shape index (κ2) is 8.41. The largest absolute Gasteiger partial charge is 0.319 e. The first kappa shape index (κ1) is 21.1. The van der Waals surface area contributed by atoms with Crippen LogP contribution in [0.15, 0.2) is 65.6 Å². The number of amides is 1. The normalized spacial score (nSPS) is 11.2. The fourth-order valence-corrected chi connectivity index (χ4v) is 4.05. The lowest BCUT2D eigenvalue weighted by Crippen LogP contribution is -2.16. The maximum absolute atomic E-state index is 14.5. The van der Waals surface area contributed by atoms with Crippen molar-refractivity contribution in [3.63, 3.8) is 0 Å². The molecule has 0 unspecified atom stereocenters. The topological polar surface area (TPSA) is 75.3 Å². The summed E-state index contributed by atoms with van der Waals surface area (Å²) >= 11 is 12.0. The molecule has 0 aliphatic heterocycles. The van der Waals surface area contributed by atoms with Gasteiger partial charge < -0.3 is 5.32 Å². The van der Waals surface area contributed by atoms with Gasteiger partial charge in [-0.2, -0.15) is 0 Å². The summed E-state index contributed by atoms with van der Waals surface area (Å²) in [6.07, 6.45) is 0. The van der Waals surface area contributed by atoms with E-state index in [9.17, 15) is 17.6 Å². The Hall–Kier alpha value is -2.61. The fourth-order valence-electron chi connectivity index (χ4n) is 2.52. The van der Waals surface area contributed by atoms with Gasteiger partial charge in [0.05, 0.1) is 26.9 Å². The van der Waals surface area contributed by atoms with Crippen LogP contribution >= 0.6 is 23.2 Å². The summed E-state index contributed by atoms with van der Waals surface area (Å²) < 4.78 is 42.0. The van der Waals surface area contributed by atoms with Gasteiger partial charge >= 0.3 is 0 Å². The molecule has 3 aromatic carbocycles. The molecule has 0 aliphatic carbocycles. The van der Waals surface area contributed by atoms with Crippen LogP contribution < -0.4 is 10.0 Å². The van der Waals surface area contributed by atoms with Crippen molar-refractivity contribution in [2.45, 2.75) is 11.8 Å². The van der Waals surface area contributed by atoms with Crippen LogP contribution in [0.3, 0.4) is 0 Å². The minimum absolute atomic E-state index is 0.170. The summed E-state index contributed by atoms with van der Waals surface area (Å²) in [5.41, 5.74) is 0.826. The molecule has 29 heavy (non-hydrogen) atoms. The minimum atomic E-state index is -4.06. The first-order valence-electron chi connectivity index (χ1n) is 8.32. The molecule has 1 amide bonds. The molecular formula is C20H15Cl2FN2O3S. The number of carbonyl (C=O) groups excluding carboxylic acids is 1. The van der Waals surface area contributed by atoms with E-state index in [1.54, 1.807) is 37.3 Å². The number of rotatable bonds is 5. The van der Waals surface area contributed by atoms with Crippen molar-refractivity contribution in [2.24, 2.45) is 0 Å². The first-order valence-corrected chi connectivity index (χ1v) is 10.6. The number of sulfonamides is 1. The predicted molar refractivity (Wildman–Crippen MR) is 113 cm³/mol. The molecule has 0 bridgehead atoms. The van der Waals surface area contributed by atoms with Crippen LogP contribution in [0, 0.1) is 12.7 Å². The number of anilines is 2. The maximum Gasteiger partial charge on any atom is 0.262 e. The molecule has 0 saturated heterocycles. The lowest BCUT2D eigenvalue weighted by atomic mass is 10.2. The molecule has 3 rings (SSSR count). The van der Waals surface area contributed by atoms with E-state index in [0.29, 0.717) is 10.6 Å². The van der Waals surface area contributed by atoms with Crippen LogP contribution in [-0.4, -0.2) is 14.3 Å². The zero-order valence-electron chi connectivity index (χ0n) is 15.0. The highest BCUT2D eigenvalue weighted by Crippen LogP contribution is 2.27. The number of hydrogen-bond donors (Lipinski definition) is 2. The summed E-state index contributed by atoms with van der Waals surface area (Å²) in [6.45, 7) is 1.66.